The van der Waals surface area contributed by atoms with Gasteiger partial charge in [-0.25, -0.2) is 13.8 Å². The summed E-state index contributed by atoms with van der Waals surface area (Å²) in [4.78, 5) is 60.3. The number of halogens is 1. The highest BCUT2D eigenvalue weighted by Crippen LogP contribution is 2.49. The summed E-state index contributed by atoms with van der Waals surface area (Å²) in [6, 6.07) is 17.2. The minimum absolute atomic E-state index is 0.0649. The summed E-state index contributed by atoms with van der Waals surface area (Å²) in [5.41, 5.74) is 1.73. The van der Waals surface area contributed by atoms with E-state index in [2.05, 4.69) is 17.2 Å². The molecule has 238 valence electrons. The van der Waals surface area contributed by atoms with Crippen molar-refractivity contribution < 1.29 is 23.9 Å². The molecule has 3 heterocycles. The lowest BCUT2D eigenvalue weighted by Gasteiger charge is -2.20. The lowest BCUT2D eigenvalue weighted by Crippen LogP contribution is -2.33. The number of para-hydroxylation sites is 2. The number of nitrogens with zero attached hydrogens (tertiary/aromatic N) is 4. The number of aryl methyl sites for hydroxylation is 1. The predicted molar refractivity (Wildman–Crippen MR) is 175 cm³/mol. The molecule has 2 fully saturated rings. The first-order chi connectivity index (χ1) is 22.6. The number of aromatic nitrogens is 3. The van der Waals surface area contributed by atoms with E-state index in [0.29, 0.717) is 58.6 Å². The van der Waals surface area contributed by atoms with Crippen molar-refractivity contribution in [2.24, 2.45) is 5.92 Å². The number of anilines is 2. The molecular formula is C35H31FN6O5. The average molecular weight is 635 g/mol. The van der Waals surface area contributed by atoms with E-state index in [1.165, 1.54) is 28.7 Å². The van der Waals surface area contributed by atoms with Crippen LogP contribution in [-0.4, -0.2) is 60.4 Å². The number of benzene rings is 3. The zero-order valence-electron chi connectivity index (χ0n) is 25.5. The molecule has 2 aliphatic rings. The summed E-state index contributed by atoms with van der Waals surface area (Å²) in [7, 11) is 0. The Labute approximate surface area is 268 Å². The number of nitrogens with one attached hydrogen (secondary N) is 2. The minimum atomic E-state index is -0.830. The molecular weight excluding hydrogens is 603 g/mol. The van der Waals surface area contributed by atoms with E-state index in [0.717, 1.165) is 6.08 Å². The molecule has 1 saturated carbocycles. The number of hydrogen-bond acceptors (Lipinski definition) is 6. The van der Waals surface area contributed by atoms with Gasteiger partial charge in [0.25, 0.3) is 11.5 Å². The van der Waals surface area contributed by atoms with Crippen molar-refractivity contribution in [2.45, 2.75) is 31.9 Å². The minimum Gasteiger partial charge on any atom is -0.388 e. The van der Waals surface area contributed by atoms with E-state index in [1.807, 2.05) is 6.92 Å². The molecule has 2 aromatic heterocycles. The Hall–Kier alpha value is -5.62. The van der Waals surface area contributed by atoms with Gasteiger partial charge in [-0.1, -0.05) is 25.6 Å². The predicted octanol–water partition coefficient (Wildman–Crippen LogP) is 3.99. The fourth-order valence-corrected chi connectivity index (χ4v) is 6.47. The fourth-order valence-electron chi connectivity index (χ4n) is 6.47. The molecule has 3 N–H and O–H groups in total. The van der Waals surface area contributed by atoms with Crippen LogP contribution in [0.3, 0.4) is 0 Å². The van der Waals surface area contributed by atoms with Gasteiger partial charge < -0.3 is 25.2 Å². The van der Waals surface area contributed by atoms with Gasteiger partial charge in [-0.05, 0) is 73.5 Å². The molecule has 1 aliphatic carbocycles. The third-order valence-corrected chi connectivity index (χ3v) is 8.93. The third-order valence-electron chi connectivity index (χ3n) is 8.93. The largest absolute Gasteiger partial charge is 0.388 e. The second-order valence-electron chi connectivity index (χ2n) is 12.0. The molecule has 12 heteroatoms. The van der Waals surface area contributed by atoms with Crippen LogP contribution in [-0.2, 0) is 22.6 Å². The third kappa shape index (κ3) is 5.26. The molecule has 0 radical (unpaired) electrons. The van der Waals surface area contributed by atoms with Crippen molar-refractivity contribution in [3.05, 3.63) is 107 Å². The van der Waals surface area contributed by atoms with E-state index >= 15 is 0 Å². The second-order valence-corrected chi connectivity index (χ2v) is 12.0. The maximum Gasteiger partial charge on any atom is 0.267 e. The number of likely N-dealkylation sites (tertiary alicyclic amines) is 1. The van der Waals surface area contributed by atoms with E-state index in [1.54, 1.807) is 51.9 Å². The first-order valence-corrected chi connectivity index (χ1v) is 15.3. The number of β-amino-alcohol motifs (C(OH)–C–C–N with tert-alkyl or cyclic N) is 1. The van der Waals surface area contributed by atoms with Crippen LogP contribution < -0.4 is 16.2 Å². The number of hydrogen-bond donors (Lipinski definition) is 3. The number of aliphatic hydroxyl groups is 1. The van der Waals surface area contributed by atoms with Gasteiger partial charge in [0.05, 0.1) is 34.4 Å². The van der Waals surface area contributed by atoms with Gasteiger partial charge in [0.15, 0.2) is 0 Å². The number of piperidine rings is 1. The van der Waals surface area contributed by atoms with Crippen LogP contribution in [0.4, 0.5) is 15.8 Å². The lowest BCUT2D eigenvalue weighted by molar-refractivity contribution is -0.116. The van der Waals surface area contributed by atoms with Crippen LogP contribution in [0.5, 0.6) is 0 Å². The quantitative estimate of drug-likeness (QED) is 0.221. The highest BCUT2D eigenvalue weighted by atomic mass is 19.1. The summed E-state index contributed by atoms with van der Waals surface area (Å²) in [5.74, 6) is -1.31. The molecule has 0 bridgehead atoms. The fraction of sp³-hybridized carbons (Fsp3) is 0.229. The Morgan fingerprint density at radius 1 is 1.09 bits per heavy atom. The van der Waals surface area contributed by atoms with Crippen molar-refractivity contribution in [3.63, 3.8) is 0 Å². The van der Waals surface area contributed by atoms with Crippen molar-refractivity contribution in [1.82, 2.24) is 18.9 Å². The van der Waals surface area contributed by atoms with E-state index in [-0.39, 0.29) is 36.3 Å². The van der Waals surface area contributed by atoms with E-state index in [9.17, 15) is 28.7 Å². The van der Waals surface area contributed by atoms with Gasteiger partial charge in [-0.3, -0.25) is 19.2 Å². The van der Waals surface area contributed by atoms with Crippen LogP contribution in [0.2, 0.25) is 0 Å². The van der Waals surface area contributed by atoms with Crippen LogP contribution in [0.15, 0.2) is 84.2 Å². The molecule has 11 nitrogen and oxygen atoms in total. The standard InChI is InChI=1S/C35H31FN6O5/c1-3-25-31(24-15-20(9-14-26(24)38-29(43)4-2)32(45)40-17-21-16-35(21,47)19-40)33(46)42-28-8-6-5-7-27(28)41(34(42)39-25)18-30(44)37-23-12-10-22(36)11-13-23/h4-15,21,47H,2-3,16-19H2,1H3,(H,37,44)(H,38,43). The number of imidazole rings is 1. The smallest absolute Gasteiger partial charge is 0.267 e. The molecule has 1 saturated heterocycles. The van der Waals surface area contributed by atoms with Crippen LogP contribution in [0.25, 0.3) is 27.9 Å². The Morgan fingerprint density at radius 3 is 2.51 bits per heavy atom. The zero-order chi connectivity index (χ0) is 33.0. The lowest BCUT2D eigenvalue weighted by atomic mass is 9.98. The Bertz CT molecular complexity index is 2190. The van der Waals surface area contributed by atoms with Crippen molar-refractivity contribution >= 4 is 45.9 Å². The van der Waals surface area contributed by atoms with Gasteiger partial charge in [-0.2, -0.15) is 0 Å². The summed E-state index contributed by atoms with van der Waals surface area (Å²) >= 11 is 0. The van der Waals surface area contributed by atoms with Crippen molar-refractivity contribution in [3.8, 4) is 11.1 Å². The molecule has 2 unspecified atom stereocenters. The van der Waals surface area contributed by atoms with Gasteiger partial charge in [0.1, 0.15) is 12.4 Å². The van der Waals surface area contributed by atoms with E-state index in [4.69, 9.17) is 4.98 Å². The topological polar surface area (TPSA) is 138 Å². The molecule has 7 rings (SSSR count). The highest BCUT2D eigenvalue weighted by molar-refractivity contribution is 6.04. The summed E-state index contributed by atoms with van der Waals surface area (Å²) < 4.78 is 16.5. The number of fused-ring (bicyclic) bond motifs is 4. The van der Waals surface area contributed by atoms with Crippen molar-refractivity contribution in [1.29, 1.82) is 0 Å². The molecule has 3 aromatic carbocycles. The molecule has 1 aliphatic heterocycles. The summed E-state index contributed by atoms with van der Waals surface area (Å²) in [5, 5.41) is 16.0. The second kappa shape index (κ2) is 11.3. The van der Waals surface area contributed by atoms with Gasteiger partial charge in [0, 0.05) is 35.0 Å². The average Bonchev–Trinajstić information content (AvgIpc) is 3.42. The Balaban J connectivity index is 1.36. The number of rotatable bonds is 8. The molecule has 0 spiro atoms. The highest BCUT2D eigenvalue weighted by Gasteiger charge is 2.60. The zero-order valence-corrected chi connectivity index (χ0v) is 25.5. The first kappa shape index (κ1) is 30.1. The molecule has 47 heavy (non-hydrogen) atoms. The van der Waals surface area contributed by atoms with Crippen LogP contribution in [0, 0.1) is 11.7 Å². The van der Waals surface area contributed by atoms with Crippen LogP contribution in [0.1, 0.15) is 29.4 Å². The maximum atomic E-state index is 14.6. The normalized spacial score (nSPS) is 18.3. The summed E-state index contributed by atoms with van der Waals surface area (Å²) in [6.45, 7) is 5.88. The van der Waals surface area contributed by atoms with Gasteiger partial charge in [0.2, 0.25) is 17.6 Å². The monoisotopic (exact) mass is 634 g/mol. The number of carbonyl (C=O) groups excluding carboxylic acids is 3. The first-order valence-electron chi connectivity index (χ1n) is 15.3. The SMILES string of the molecule is C=CC(=O)Nc1ccc(C(=O)N2CC3CC3(O)C2)cc1-c1c(CC)nc2n(CC(=O)Nc3ccc(F)cc3)c3ccccc3n2c1=O. The van der Waals surface area contributed by atoms with Gasteiger partial charge >= 0.3 is 0 Å². The molecule has 3 amide bonds. The maximum absolute atomic E-state index is 14.6. The van der Waals surface area contributed by atoms with Crippen molar-refractivity contribution in [2.75, 3.05) is 23.7 Å². The van der Waals surface area contributed by atoms with E-state index < -0.39 is 28.8 Å². The number of amides is 3. The van der Waals surface area contributed by atoms with Gasteiger partial charge in [-0.15, -0.1) is 0 Å². The van der Waals surface area contributed by atoms with Crippen LogP contribution >= 0.6 is 0 Å². The molecule has 2 atom stereocenters. The Morgan fingerprint density at radius 2 is 1.83 bits per heavy atom. The molecule has 5 aromatic rings. The summed E-state index contributed by atoms with van der Waals surface area (Å²) in [6.07, 6.45) is 2.11. The Kier molecular flexibility index (Phi) is 7.24. The number of carbonyl (C=O) groups is 3.